The third-order valence-electron chi connectivity index (χ3n) is 4.37. The maximum absolute atomic E-state index is 12.6. The molecule has 1 aromatic carbocycles. The molecule has 0 aliphatic carbocycles. The number of methoxy groups -OCH3 is 1. The maximum atomic E-state index is 12.6. The van der Waals surface area contributed by atoms with Crippen LogP contribution in [-0.4, -0.2) is 40.8 Å². The largest absolute Gasteiger partial charge is 0.385 e. The number of hydrogen-bond donors (Lipinski definition) is 1. The fraction of sp³-hybridized carbons (Fsp3) is 0.350. The third-order valence-corrected chi connectivity index (χ3v) is 4.37. The van der Waals surface area contributed by atoms with Gasteiger partial charge in [-0.1, -0.05) is 37.3 Å². The fourth-order valence-electron chi connectivity index (χ4n) is 3.12. The molecule has 2 aromatic heterocycles. The van der Waals surface area contributed by atoms with Crippen molar-refractivity contribution in [1.82, 2.24) is 19.9 Å². The molecule has 0 bridgehead atoms. The summed E-state index contributed by atoms with van der Waals surface area (Å²) < 4.78 is 6.82. The number of ether oxygens (including phenoxy) is 1. The number of nitrogens with one attached hydrogen (secondary N) is 1. The maximum Gasteiger partial charge on any atom is 0.254 e. The van der Waals surface area contributed by atoms with Gasteiger partial charge in [0.05, 0.1) is 17.0 Å². The highest BCUT2D eigenvalue weighted by molar-refractivity contribution is 5.95. The van der Waals surface area contributed by atoms with Crippen molar-refractivity contribution in [3.05, 3.63) is 53.5 Å². The summed E-state index contributed by atoms with van der Waals surface area (Å²) in [6, 6.07) is 10.1. The molecule has 3 rings (SSSR count). The number of carbonyl (C=O) groups excluding carboxylic acids is 1. The Bertz CT molecular complexity index is 903. The van der Waals surface area contributed by atoms with Gasteiger partial charge in [0, 0.05) is 32.0 Å². The van der Waals surface area contributed by atoms with E-state index in [-0.39, 0.29) is 5.91 Å². The third kappa shape index (κ3) is 3.46. The van der Waals surface area contributed by atoms with Crippen LogP contribution in [0.1, 0.15) is 35.1 Å². The van der Waals surface area contributed by atoms with E-state index >= 15 is 0 Å². The lowest BCUT2D eigenvalue weighted by molar-refractivity contribution is 0.0946. The molecule has 0 saturated carbocycles. The molecular weight excluding hydrogens is 328 g/mol. The van der Waals surface area contributed by atoms with Crippen molar-refractivity contribution < 1.29 is 9.53 Å². The van der Waals surface area contributed by atoms with Gasteiger partial charge >= 0.3 is 0 Å². The number of fused-ring (bicyclic) bond motifs is 1. The Morgan fingerprint density at radius 1 is 1.27 bits per heavy atom. The lowest BCUT2D eigenvalue weighted by Crippen LogP contribution is -2.27. The van der Waals surface area contributed by atoms with Gasteiger partial charge in [0.2, 0.25) is 0 Å². The average Bonchev–Trinajstić information content (AvgIpc) is 3.00. The first-order valence-electron chi connectivity index (χ1n) is 8.87. The number of aryl methyl sites for hydroxylation is 2. The molecule has 6 heteroatoms. The van der Waals surface area contributed by atoms with Gasteiger partial charge in [0.15, 0.2) is 5.65 Å². The number of carbonyl (C=O) groups is 1. The lowest BCUT2D eigenvalue weighted by Gasteiger charge is -2.10. The molecule has 1 amide bonds. The van der Waals surface area contributed by atoms with E-state index < -0.39 is 0 Å². The smallest absolute Gasteiger partial charge is 0.254 e. The molecule has 0 radical (unpaired) electrons. The first-order valence-corrected chi connectivity index (χ1v) is 8.87. The van der Waals surface area contributed by atoms with Crippen LogP contribution in [0.15, 0.2) is 36.5 Å². The van der Waals surface area contributed by atoms with Gasteiger partial charge in [-0.15, -0.1) is 0 Å². The monoisotopic (exact) mass is 352 g/mol. The molecule has 3 aromatic rings. The molecule has 26 heavy (non-hydrogen) atoms. The van der Waals surface area contributed by atoms with Gasteiger partial charge in [-0.05, 0) is 25.3 Å². The molecule has 0 fully saturated rings. The second kappa shape index (κ2) is 8.10. The summed E-state index contributed by atoms with van der Waals surface area (Å²) in [5.74, 6) is -0.123. The van der Waals surface area contributed by atoms with Crippen LogP contribution in [0.2, 0.25) is 0 Å². The summed E-state index contributed by atoms with van der Waals surface area (Å²) in [5, 5.41) is 7.59. The van der Waals surface area contributed by atoms with Crippen molar-refractivity contribution in [3.63, 3.8) is 0 Å². The molecule has 0 saturated heterocycles. The zero-order valence-corrected chi connectivity index (χ0v) is 15.5. The van der Waals surface area contributed by atoms with E-state index in [9.17, 15) is 4.79 Å². The first kappa shape index (κ1) is 18.1. The Hall–Kier alpha value is -2.73. The van der Waals surface area contributed by atoms with Crippen LogP contribution in [0.3, 0.4) is 0 Å². The highest BCUT2D eigenvalue weighted by atomic mass is 16.5. The molecule has 6 nitrogen and oxygen atoms in total. The number of benzene rings is 1. The van der Waals surface area contributed by atoms with E-state index in [4.69, 9.17) is 4.74 Å². The van der Waals surface area contributed by atoms with Crippen LogP contribution in [0, 0.1) is 6.92 Å². The van der Waals surface area contributed by atoms with Crippen LogP contribution in [0.25, 0.3) is 16.8 Å². The van der Waals surface area contributed by atoms with E-state index in [1.165, 1.54) is 0 Å². The van der Waals surface area contributed by atoms with Crippen molar-refractivity contribution in [2.45, 2.75) is 26.7 Å². The van der Waals surface area contributed by atoms with Gasteiger partial charge in [0.1, 0.15) is 0 Å². The van der Waals surface area contributed by atoms with Crippen molar-refractivity contribution in [3.8, 4) is 11.1 Å². The first-order chi connectivity index (χ1) is 12.7. The van der Waals surface area contributed by atoms with Crippen LogP contribution >= 0.6 is 0 Å². The number of rotatable bonds is 7. The zero-order valence-electron chi connectivity index (χ0n) is 15.5. The predicted octanol–water partition coefficient (Wildman–Crippen LogP) is 3.03. The number of nitrogens with zero attached hydrogens (tertiary/aromatic N) is 3. The number of amides is 1. The standard InChI is InChI=1S/C20H24N4O2/c1-4-17-16(20(25)21-11-8-12-26-3)13-22-19-18(14(2)23-24(17)19)15-9-6-5-7-10-15/h5-7,9-10,13H,4,8,11-12H2,1-3H3,(H,21,25). The average molecular weight is 352 g/mol. The lowest BCUT2D eigenvalue weighted by atomic mass is 10.1. The molecule has 136 valence electrons. The van der Waals surface area contributed by atoms with Gasteiger partial charge in [0.25, 0.3) is 5.91 Å². The quantitative estimate of drug-likeness (QED) is 0.664. The Balaban J connectivity index is 2.00. The number of hydrogen-bond acceptors (Lipinski definition) is 4. The summed E-state index contributed by atoms with van der Waals surface area (Å²) in [6.45, 7) is 5.19. The van der Waals surface area contributed by atoms with E-state index in [0.29, 0.717) is 25.1 Å². The predicted molar refractivity (Wildman–Crippen MR) is 101 cm³/mol. The Labute approximate surface area is 153 Å². The molecule has 0 spiro atoms. The second-order valence-electron chi connectivity index (χ2n) is 6.14. The van der Waals surface area contributed by atoms with Crippen LogP contribution < -0.4 is 5.32 Å². The SMILES string of the molecule is CCc1c(C(=O)NCCCOC)cnc2c(-c3ccccc3)c(C)nn12. The normalized spacial score (nSPS) is 11.0. The minimum Gasteiger partial charge on any atom is -0.385 e. The molecular formula is C20H24N4O2. The minimum absolute atomic E-state index is 0.123. The molecule has 0 aliphatic rings. The van der Waals surface area contributed by atoms with Crippen LogP contribution in [0.5, 0.6) is 0 Å². The van der Waals surface area contributed by atoms with Crippen LogP contribution in [-0.2, 0) is 11.2 Å². The molecule has 0 unspecified atom stereocenters. The Morgan fingerprint density at radius 2 is 2.04 bits per heavy atom. The van der Waals surface area contributed by atoms with Gasteiger partial charge in [-0.2, -0.15) is 5.10 Å². The number of aromatic nitrogens is 3. The molecule has 0 atom stereocenters. The van der Waals surface area contributed by atoms with Gasteiger partial charge in [-0.3, -0.25) is 4.79 Å². The van der Waals surface area contributed by atoms with Crippen molar-refractivity contribution in [2.75, 3.05) is 20.3 Å². The fourth-order valence-corrected chi connectivity index (χ4v) is 3.12. The second-order valence-corrected chi connectivity index (χ2v) is 6.14. The topological polar surface area (TPSA) is 68.5 Å². The molecule has 1 N–H and O–H groups in total. The highest BCUT2D eigenvalue weighted by Gasteiger charge is 2.19. The van der Waals surface area contributed by atoms with Crippen LogP contribution in [0.4, 0.5) is 0 Å². The van der Waals surface area contributed by atoms with E-state index in [1.54, 1.807) is 13.3 Å². The summed E-state index contributed by atoms with van der Waals surface area (Å²) in [6.07, 6.45) is 3.13. The van der Waals surface area contributed by atoms with E-state index in [0.717, 1.165) is 34.6 Å². The highest BCUT2D eigenvalue weighted by Crippen LogP contribution is 2.28. The van der Waals surface area contributed by atoms with E-state index in [1.807, 2.05) is 48.7 Å². The molecule has 2 heterocycles. The van der Waals surface area contributed by atoms with Gasteiger partial charge < -0.3 is 10.1 Å². The summed E-state index contributed by atoms with van der Waals surface area (Å²) in [4.78, 5) is 17.1. The summed E-state index contributed by atoms with van der Waals surface area (Å²) in [7, 11) is 1.65. The zero-order chi connectivity index (χ0) is 18.5. The Morgan fingerprint density at radius 3 is 2.73 bits per heavy atom. The van der Waals surface area contributed by atoms with Crippen molar-refractivity contribution in [2.24, 2.45) is 0 Å². The van der Waals surface area contributed by atoms with Crippen molar-refractivity contribution in [1.29, 1.82) is 0 Å². The summed E-state index contributed by atoms with van der Waals surface area (Å²) >= 11 is 0. The van der Waals surface area contributed by atoms with Crippen molar-refractivity contribution >= 4 is 11.6 Å². The van der Waals surface area contributed by atoms with E-state index in [2.05, 4.69) is 15.4 Å². The molecule has 0 aliphatic heterocycles. The Kier molecular flexibility index (Phi) is 5.63. The van der Waals surface area contributed by atoms with Gasteiger partial charge in [-0.25, -0.2) is 9.50 Å². The minimum atomic E-state index is -0.123. The summed E-state index contributed by atoms with van der Waals surface area (Å²) in [5.41, 5.74) is 5.19.